The number of benzene rings is 1. The van der Waals surface area contributed by atoms with Gasteiger partial charge in [0.15, 0.2) is 0 Å². The zero-order chi connectivity index (χ0) is 14.4. The molecular formula is C14H13ClO3S2. The average molecular weight is 329 g/mol. The highest BCUT2D eigenvalue weighted by Crippen LogP contribution is 2.34. The summed E-state index contributed by atoms with van der Waals surface area (Å²) >= 11 is 8.68. The first-order chi connectivity index (χ1) is 9.74. The van der Waals surface area contributed by atoms with Gasteiger partial charge in [-0.25, -0.2) is 4.89 Å². The molecule has 0 radical (unpaired) electrons. The van der Waals surface area contributed by atoms with Crippen LogP contribution in [0.15, 0.2) is 40.6 Å². The summed E-state index contributed by atoms with van der Waals surface area (Å²) in [6.45, 7) is 0. The predicted octanol–water partition coefficient (Wildman–Crippen LogP) is 4.71. The van der Waals surface area contributed by atoms with Gasteiger partial charge < -0.3 is 4.79 Å². The van der Waals surface area contributed by atoms with Crippen LogP contribution in [0.4, 0.5) is 0 Å². The number of hydrogen-bond donors (Lipinski definition) is 0. The van der Waals surface area contributed by atoms with Crippen molar-refractivity contribution >= 4 is 41.3 Å². The highest BCUT2D eigenvalue weighted by atomic mass is 35.5. The molecule has 1 aromatic heterocycles. The van der Waals surface area contributed by atoms with Gasteiger partial charge >= 0.3 is 0 Å². The highest BCUT2D eigenvalue weighted by Gasteiger charge is 2.16. The van der Waals surface area contributed by atoms with E-state index in [1.54, 1.807) is 11.3 Å². The number of hydrogen-bond acceptors (Lipinski definition) is 5. The normalized spacial score (nSPS) is 12.3. The van der Waals surface area contributed by atoms with E-state index in [2.05, 4.69) is 4.89 Å². The first-order valence-corrected chi connectivity index (χ1v) is 7.89. The van der Waals surface area contributed by atoms with E-state index >= 15 is 0 Å². The summed E-state index contributed by atoms with van der Waals surface area (Å²) in [5.41, 5.74) is 1.08. The molecular weight excluding hydrogens is 316 g/mol. The van der Waals surface area contributed by atoms with E-state index in [0.29, 0.717) is 11.4 Å². The SMILES string of the molecule is COOSc1ccc([C@@H](CC=O)c2cc(Cl)cs2)cc1. The lowest BCUT2D eigenvalue weighted by Gasteiger charge is -2.13. The molecule has 2 aromatic rings. The molecule has 0 amide bonds. The second-order valence-corrected chi connectivity index (χ2v) is 6.16. The zero-order valence-corrected chi connectivity index (χ0v) is 13.1. The molecule has 0 fully saturated rings. The maximum Gasteiger partial charge on any atom is 0.120 e. The Hall–Kier alpha value is -0.850. The molecule has 0 saturated carbocycles. The summed E-state index contributed by atoms with van der Waals surface area (Å²) in [6, 6.07) is 9.77. The number of carbonyl (C=O) groups excluding carboxylic acids is 1. The van der Waals surface area contributed by atoms with Gasteiger partial charge in [-0.05, 0) is 23.8 Å². The fraction of sp³-hybridized carbons (Fsp3) is 0.214. The molecule has 0 saturated heterocycles. The van der Waals surface area contributed by atoms with Crippen molar-refractivity contribution in [3.63, 3.8) is 0 Å². The van der Waals surface area contributed by atoms with Crippen LogP contribution in [0.2, 0.25) is 5.02 Å². The second-order valence-electron chi connectivity index (χ2n) is 4.01. The third-order valence-corrected chi connectivity index (χ3v) is 4.81. The maximum atomic E-state index is 10.9. The Balaban J connectivity index is 2.19. The number of aldehydes is 1. The van der Waals surface area contributed by atoms with Gasteiger partial charge in [0.05, 0.1) is 24.2 Å². The van der Waals surface area contributed by atoms with Crippen LogP contribution in [-0.4, -0.2) is 13.4 Å². The lowest BCUT2D eigenvalue weighted by Crippen LogP contribution is -1.99. The van der Waals surface area contributed by atoms with Crippen molar-refractivity contribution in [3.05, 3.63) is 51.2 Å². The van der Waals surface area contributed by atoms with Gasteiger partial charge in [-0.15, -0.1) is 11.3 Å². The Kier molecular flexibility index (Phi) is 6.06. The van der Waals surface area contributed by atoms with Crippen molar-refractivity contribution < 1.29 is 14.0 Å². The first-order valence-electron chi connectivity index (χ1n) is 5.89. The molecule has 0 N–H and O–H groups in total. The third-order valence-electron chi connectivity index (χ3n) is 2.74. The van der Waals surface area contributed by atoms with Crippen LogP contribution in [0.3, 0.4) is 0 Å². The summed E-state index contributed by atoms with van der Waals surface area (Å²) in [6.07, 6.45) is 1.38. The molecule has 0 aliphatic rings. The zero-order valence-electron chi connectivity index (χ0n) is 10.7. The van der Waals surface area contributed by atoms with E-state index in [4.69, 9.17) is 15.9 Å². The van der Waals surface area contributed by atoms with Crippen molar-refractivity contribution in [2.24, 2.45) is 0 Å². The smallest absolute Gasteiger partial charge is 0.120 e. The van der Waals surface area contributed by atoms with E-state index in [-0.39, 0.29) is 5.92 Å². The first kappa shape index (κ1) is 15.5. The Bertz CT molecular complexity index is 554. The van der Waals surface area contributed by atoms with Crippen molar-refractivity contribution in [1.82, 2.24) is 0 Å². The fourth-order valence-corrected chi connectivity index (χ4v) is 3.47. The van der Waals surface area contributed by atoms with Crippen LogP contribution >= 0.6 is 35.0 Å². The number of thiophene rings is 1. The van der Waals surface area contributed by atoms with Crippen molar-refractivity contribution in [2.75, 3.05) is 7.11 Å². The van der Waals surface area contributed by atoms with Gasteiger partial charge in [-0.2, -0.15) is 4.33 Å². The van der Waals surface area contributed by atoms with Gasteiger partial charge in [-0.1, -0.05) is 23.7 Å². The van der Waals surface area contributed by atoms with E-state index in [0.717, 1.165) is 33.7 Å². The van der Waals surface area contributed by atoms with Gasteiger partial charge in [0.1, 0.15) is 6.29 Å². The molecule has 0 aliphatic heterocycles. The molecule has 1 heterocycles. The molecule has 2 rings (SSSR count). The molecule has 20 heavy (non-hydrogen) atoms. The Labute approximate surface area is 131 Å². The maximum absolute atomic E-state index is 10.9. The quantitative estimate of drug-likeness (QED) is 0.319. The minimum Gasteiger partial charge on any atom is -0.303 e. The number of carbonyl (C=O) groups is 1. The van der Waals surface area contributed by atoms with Gasteiger partial charge in [-0.3, -0.25) is 0 Å². The van der Waals surface area contributed by atoms with E-state index in [1.165, 1.54) is 7.11 Å². The molecule has 0 unspecified atom stereocenters. The summed E-state index contributed by atoms with van der Waals surface area (Å²) in [5, 5.41) is 2.59. The summed E-state index contributed by atoms with van der Waals surface area (Å²) in [5.74, 6) is 0.0485. The van der Waals surface area contributed by atoms with E-state index < -0.39 is 0 Å². The third kappa shape index (κ3) is 4.07. The molecule has 1 atom stereocenters. The summed E-state index contributed by atoms with van der Waals surface area (Å²) in [4.78, 5) is 17.5. The minimum atomic E-state index is 0.0485. The molecule has 0 bridgehead atoms. The lowest BCUT2D eigenvalue weighted by molar-refractivity contribution is -0.160. The lowest BCUT2D eigenvalue weighted by atomic mass is 9.95. The molecule has 6 heteroatoms. The predicted molar refractivity (Wildman–Crippen MR) is 82.2 cm³/mol. The van der Waals surface area contributed by atoms with Crippen LogP contribution in [0, 0.1) is 0 Å². The number of halogens is 1. The van der Waals surface area contributed by atoms with Crippen molar-refractivity contribution in [1.29, 1.82) is 0 Å². The Morgan fingerprint density at radius 2 is 2.15 bits per heavy atom. The molecule has 1 aromatic carbocycles. The topological polar surface area (TPSA) is 35.5 Å². The highest BCUT2D eigenvalue weighted by molar-refractivity contribution is 7.94. The van der Waals surface area contributed by atoms with Crippen LogP contribution in [0.25, 0.3) is 0 Å². The monoisotopic (exact) mass is 328 g/mol. The van der Waals surface area contributed by atoms with E-state index in [1.807, 2.05) is 35.7 Å². The van der Waals surface area contributed by atoms with Crippen LogP contribution < -0.4 is 0 Å². The Morgan fingerprint density at radius 3 is 2.70 bits per heavy atom. The standard InChI is InChI=1S/C14H13ClO3S2/c1-17-18-20-12-4-2-10(3-5-12)13(6-7-16)14-8-11(15)9-19-14/h2-5,7-9,13H,6H2,1H3/t13-/m1/s1. The van der Waals surface area contributed by atoms with E-state index in [9.17, 15) is 4.79 Å². The second kappa shape index (κ2) is 7.81. The van der Waals surface area contributed by atoms with Crippen LogP contribution in [0.5, 0.6) is 0 Å². The fourth-order valence-electron chi connectivity index (χ4n) is 1.85. The molecule has 0 spiro atoms. The summed E-state index contributed by atoms with van der Waals surface area (Å²) < 4.78 is 4.80. The van der Waals surface area contributed by atoms with Crippen molar-refractivity contribution in [2.45, 2.75) is 17.2 Å². The molecule has 106 valence electrons. The van der Waals surface area contributed by atoms with Gasteiger partial charge in [0.25, 0.3) is 0 Å². The average Bonchev–Trinajstić information content (AvgIpc) is 2.89. The summed E-state index contributed by atoms with van der Waals surface area (Å²) in [7, 11) is 1.46. The molecule has 3 nitrogen and oxygen atoms in total. The van der Waals surface area contributed by atoms with Crippen LogP contribution in [-0.2, 0) is 14.0 Å². The minimum absolute atomic E-state index is 0.0485. The Morgan fingerprint density at radius 1 is 1.40 bits per heavy atom. The van der Waals surface area contributed by atoms with Gasteiger partial charge in [0, 0.05) is 27.5 Å². The van der Waals surface area contributed by atoms with Crippen LogP contribution in [0.1, 0.15) is 22.8 Å². The molecule has 0 aliphatic carbocycles. The number of rotatable bonds is 7. The van der Waals surface area contributed by atoms with Gasteiger partial charge in [0.2, 0.25) is 0 Å². The van der Waals surface area contributed by atoms with Crippen molar-refractivity contribution in [3.8, 4) is 0 Å². The largest absolute Gasteiger partial charge is 0.303 e.